The third-order valence-corrected chi connectivity index (χ3v) is 4.12. The van der Waals surface area contributed by atoms with Gasteiger partial charge < -0.3 is 0 Å². The van der Waals surface area contributed by atoms with Crippen molar-refractivity contribution in [3.8, 4) is 0 Å². The quantitative estimate of drug-likeness (QED) is 0.283. The van der Waals surface area contributed by atoms with Gasteiger partial charge in [-0.05, 0) is 12.8 Å². The van der Waals surface area contributed by atoms with Crippen molar-refractivity contribution in [1.29, 1.82) is 0 Å². The maximum absolute atomic E-state index is 11.5. The van der Waals surface area contributed by atoms with E-state index >= 15 is 0 Å². The Morgan fingerprint density at radius 1 is 0.500 bits per heavy atom. The van der Waals surface area contributed by atoms with Crippen LogP contribution in [-0.2, 0) is 4.79 Å². The zero-order chi connectivity index (χ0) is 14.9. The number of unbranched alkanes of at least 4 members (excludes halogenated alkanes) is 12. The van der Waals surface area contributed by atoms with Gasteiger partial charge in [-0.15, -0.1) is 0 Å². The normalized spacial score (nSPS) is 10.9. The summed E-state index contributed by atoms with van der Waals surface area (Å²) in [4.78, 5) is 11.5. The van der Waals surface area contributed by atoms with Crippen LogP contribution >= 0.6 is 0 Å². The lowest BCUT2D eigenvalue weighted by molar-refractivity contribution is -0.119. The van der Waals surface area contributed by atoms with Crippen molar-refractivity contribution in [2.45, 2.75) is 117 Å². The highest BCUT2D eigenvalue weighted by Crippen LogP contribution is 2.13. The average Bonchev–Trinajstić information content (AvgIpc) is 2.46. The summed E-state index contributed by atoms with van der Waals surface area (Å²) < 4.78 is 0. The molecule has 1 nitrogen and oxygen atoms in total. The Bertz CT molecular complexity index is 198. The topological polar surface area (TPSA) is 17.1 Å². The molecule has 1 heteroatoms. The van der Waals surface area contributed by atoms with Crippen molar-refractivity contribution in [3.63, 3.8) is 0 Å². The lowest BCUT2D eigenvalue weighted by Crippen LogP contribution is -1.96. The third kappa shape index (κ3) is 15.7. The molecule has 0 aromatic rings. The summed E-state index contributed by atoms with van der Waals surface area (Å²) in [6.45, 7) is 4.43. The molecule has 0 rings (SSSR count). The SMILES string of the molecule is CCCCCCCCCCCCCCC(=O)CCCC. The largest absolute Gasteiger partial charge is 0.300 e. The predicted octanol–water partition coefficient (Wildman–Crippen LogP) is 6.84. The molecule has 0 saturated carbocycles. The second-order valence-corrected chi connectivity index (χ2v) is 6.28. The Kier molecular flexibility index (Phi) is 16.4. The van der Waals surface area contributed by atoms with E-state index in [1.807, 2.05) is 0 Å². The summed E-state index contributed by atoms with van der Waals surface area (Å²) in [7, 11) is 0. The minimum atomic E-state index is 0.485. The van der Waals surface area contributed by atoms with Gasteiger partial charge in [0.05, 0.1) is 0 Å². The second kappa shape index (κ2) is 16.7. The molecular formula is C19H38O. The fourth-order valence-electron chi connectivity index (χ4n) is 2.66. The molecule has 0 aliphatic heterocycles. The molecule has 0 heterocycles. The molecule has 0 amide bonds. The molecule has 0 aliphatic carbocycles. The van der Waals surface area contributed by atoms with Crippen molar-refractivity contribution >= 4 is 5.78 Å². The van der Waals surface area contributed by atoms with Gasteiger partial charge >= 0.3 is 0 Å². The number of rotatable bonds is 16. The van der Waals surface area contributed by atoms with Gasteiger partial charge in [0.15, 0.2) is 0 Å². The lowest BCUT2D eigenvalue weighted by atomic mass is 10.0. The first-order chi connectivity index (χ1) is 9.81. The third-order valence-electron chi connectivity index (χ3n) is 4.12. The molecular weight excluding hydrogens is 244 g/mol. The van der Waals surface area contributed by atoms with Crippen molar-refractivity contribution < 1.29 is 4.79 Å². The fourth-order valence-corrected chi connectivity index (χ4v) is 2.66. The van der Waals surface area contributed by atoms with Crippen LogP contribution in [0.25, 0.3) is 0 Å². The first-order valence-corrected chi connectivity index (χ1v) is 9.33. The number of ketones is 1. The molecule has 0 saturated heterocycles. The molecule has 0 fully saturated rings. The Morgan fingerprint density at radius 3 is 1.30 bits per heavy atom. The minimum absolute atomic E-state index is 0.485. The number of hydrogen-bond acceptors (Lipinski definition) is 1. The van der Waals surface area contributed by atoms with Gasteiger partial charge in [0, 0.05) is 12.8 Å². The van der Waals surface area contributed by atoms with Crippen LogP contribution in [0.2, 0.25) is 0 Å². The minimum Gasteiger partial charge on any atom is -0.300 e. The van der Waals surface area contributed by atoms with E-state index < -0.39 is 0 Å². The zero-order valence-corrected chi connectivity index (χ0v) is 14.2. The van der Waals surface area contributed by atoms with Crippen LogP contribution in [-0.4, -0.2) is 5.78 Å². The predicted molar refractivity (Wildman–Crippen MR) is 90.2 cm³/mol. The number of Topliss-reactive ketones (excluding diaryl/α,β-unsaturated/α-hetero) is 1. The van der Waals surface area contributed by atoms with Gasteiger partial charge in [0.1, 0.15) is 5.78 Å². The van der Waals surface area contributed by atoms with Crippen LogP contribution in [0, 0.1) is 0 Å². The van der Waals surface area contributed by atoms with Gasteiger partial charge in [-0.3, -0.25) is 4.79 Å². The monoisotopic (exact) mass is 282 g/mol. The van der Waals surface area contributed by atoms with Gasteiger partial charge in [0.25, 0.3) is 0 Å². The Morgan fingerprint density at radius 2 is 0.850 bits per heavy atom. The van der Waals surface area contributed by atoms with E-state index in [0.29, 0.717) is 5.78 Å². The molecule has 0 unspecified atom stereocenters. The first kappa shape index (κ1) is 19.7. The highest BCUT2D eigenvalue weighted by Gasteiger charge is 2.00. The summed E-state index contributed by atoms with van der Waals surface area (Å²) in [6.07, 6.45) is 20.3. The van der Waals surface area contributed by atoms with Gasteiger partial charge in [-0.25, -0.2) is 0 Å². The molecule has 0 bridgehead atoms. The van der Waals surface area contributed by atoms with E-state index in [2.05, 4.69) is 13.8 Å². The van der Waals surface area contributed by atoms with Crippen LogP contribution in [0.5, 0.6) is 0 Å². The second-order valence-electron chi connectivity index (χ2n) is 6.28. The van der Waals surface area contributed by atoms with E-state index in [9.17, 15) is 4.79 Å². The zero-order valence-electron chi connectivity index (χ0n) is 14.2. The number of carbonyl (C=O) groups is 1. The Labute approximate surface area is 127 Å². The van der Waals surface area contributed by atoms with Crippen LogP contribution in [0.1, 0.15) is 117 Å². The molecule has 0 aliphatic rings. The molecule has 0 N–H and O–H groups in total. The van der Waals surface area contributed by atoms with Crippen LogP contribution in [0.4, 0.5) is 0 Å². The van der Waals surface area contributed by atoms with Crippen molar-refractivity contribution in [2.75, 3.05) is 0 Å². The highest BCUT2D eigenvalue weighted by atomic mass is 16.1. The van der Waals surface area contributed by atoms with E-state index in [1.54, 1.807) is 0 Å². The first-order valence-electron chi connectivity index (χ1n) is 9.33. The van der Waals surface area contributed by atoms with E-state index in [4.69, 9.17) is 0 Å². The molecule has 0 spiro atoms. The van der Waals surface area contributed by atoms with Gasteiger partial charge in [-0.1, -0.05) is 90.9 Å². The van der Waals surface area contributed by atoms with Crippen molar-refractivity contribution in [1.82, 2.24) is 0 Å². The smallest absolute Gasteiger partial charge is 0.132 e. The van der Waals surface area contributed by atoms with E-state index in [0.717, 1.165) is 32.1 Å². The van der Waals surface area contributed by atoms with Crippen LogP contribution < -0.4 is 0 Å². The van der Waals surface area contributed by atoms with E-state index in [1.165, 1.54) is 70.6 Å². The molecule has 0 aromatic heterocycles. The highest BCUT2D eigenvalue weighted by molar-refractivity contribution is 5.78. The van der Waals surface area contributed by atoms with Crippen LogP contribution in [0.15, 0.2) is 0 Å². The number of carbonyl (C=O) groups excluding carboxylic acids is 1. The summed E-state index contributed by atoms with van der Waals surface area (Å²) >= 11 is 0. The Hall–Kier alpha value is -0.330. The molecule has 0 radical (unpaired) electrons. The lowest BCUT2D eigenvalue weighted by Gasteiger charge is -2.03. The van der Waals surface area contributed by atoms with Gasteiger partial charge in [0.2, 0.25) is 0 Å². The van der Waals surface area contributed by atoms with Crippen molar-refractivity contribution in [3.05, 3.63) is 0 Å². The van der Waals surface area contributed by atoms with Gasteiger partial charge in [-0.2, -0.15) is 0 Å². The molecule has 20 heavy (non-hydrogen) atoms. The average molecular weight is 283 g/mol. The van der Waals surface area contributed by atoms with E-state index in [-0.39, 0.29) is 0 Å². The summed E-state index contributed by atoms with van der Waals surface area (Å²) in [6, 6.07) is 0. The maximum Gasteiger partial charge on any atom is 0.132 e. The van der Waals surface area contributed by atoms with Crippen molar-refractivity contribution in [2.24, 2.45) is 0 Å². The molecule has 0 atom stereocenters. The standard InChI is InChI=1S/C19H38O/c1-3-5-7-8-9-10-11-12-13-14-15-16-18-19(20)17-6-4-2/h3-18H2,1-2H3. The summed E-state index contributed by atoms with van der Waals surface area (Å²) in [5, 5.41) is 0. The number of hydrogen-bond donors (Lipinski definition) is 0. The maximum atomic E-state index is 11.5. The summed E-state index contributed by atoms with van der Waals surface area (Å²) in [5.41, 5.74) is 0. The fraction of sp³-hybridized carbons (Fsp3) is 0.947. The summed E-state index contributed by atoms with van der Waals surface area (Å²) in [5.74, 6) is 0.485. The van der Waals surface area contributed by atoms with Crippen LogP contribution in [0.3, 0.4) is 0 Å². The Balaban J connectivity index is 3.04. The molecule has 120 valence electrons. The molecule has 0 aromatic carbocycles.